The van der Waals surface area contributed by atoms with E-state index in [1.54, 1.807) is 25.2 Å². The number of aliphatic imine (C=N–C) groups is 1. The van der Waals surface area contributed by atoms with E-state index in [9.17, 15) is 13.2 Å². The summed E-state index contributed by atoms with van der Waals surface area (Å²) in [6.45, 7) is 4.85. The summed E-state index contributed by atoms with van der Waals surface area (Å²) in [5.41, 5.74) is 7.17. The molecule has 0 saturated carbocycles. The van der Waals surface area contributed by atoms with Crippen LogP contribution in [0.15, 0.2) is 59.9 Å². The standard InChI is InChI=1S/C28H32ClF3N6O/c1-4-19(13-14-35-27(33)34-3)7-5-10-24-18(2)26(37-17-36-24)38-21-11-12-25(23(29)16-21)39-22-9-6-8-20(15-22)28(30,31)32/h5-6,8-12,15-17,19H,4,7,13-14H2,1-3H3,(H3,33,34,35)(H,36,37,38). The summed E-state index contributed by atoms with van der Waals surface area (Å²) in [4.78, 5) is 12.6. The number of anilines is 2. The van der Waals surface area contributed by atoms with Crippen LogP contribution in [-0.2, 0) is 6.18 Å². The first kappa shape index (κ1) is 29.8. The van der Waals surface area contributed by atoms with Crippen LogP contribution in [-0.4, -0.2) is 29.5 Å². The third-order valence-corrected chi connectivity index (χ3v) is 6.42. The Morgan fingerprint density at radius 2 is 2.00 bits per heavy atom. The van der Waals surface area contributed by atoms with Gasteiger partial charge >= 0.3 is 6.18 Å². The SMILES string of the molecule is CCC(CC=Cc1ncnc(Nc2ccc(Oc3cccc(C(F)(F)F)c3)c(Cl)c2)c1C)CCNC(N)=NC. The molecule has 0 radical (unpaired) electrons. The topological polar surface area (TPSA) is 97.5 Å². The van der Waals surface area contributed by atoms with Crippen LogP contribution in [0.5, 0.6) is 11.5 Å². The molecule has 0 aliphatic rings. The lowest BCUT2D eigenvalue weighted by Crippen LogP contribution is -2.32. The molecular weight excluding hydrogens is 529 g/mol. The van der Waals surface area contributed by atoms with E-state index in [1.807, 2.05) is 13.0 Å². The number of ether oxygens (including phenoxy) is 1. The van der Waals surface area contributed by atoms with Crippen molar-refractivity contribution in [3.05, 3.63) is 76.7 Å². The second kappa shape index (κ2) is 13.8. The zero-order valence-corrected chi connectivity index (χ0v) is 22.8. The number of nitrogens with one attached hydrogen (secondary N) is 2. The van der Waals surface area contributed by atoms with Crippen molar-refractivity contribution < 1.29 is 17.9 Å². The first-order valence-corrected chi connectivity index (χ1v) is 12.8. The number of hydrogen-bond donors (Lipinski definition) is 3. The van der Waals surface area contributed by atoms with Crippen LogP contribution in [0.25, 0.3) is 6.08 Å². The molecule has 7 nitrogen and oxygen atoms in total. The molecule has 4 N–H and O–H groups in total. The molecule has 0 saturated heterocycles. The maximum Gasteiger partial charge on any atom is 0.416 e. The molecule has 208 valence electrons. The highest BCUT2D eigenvalue weighted by Crippen LogP contribution is 2.36. The van der Waals surface area contributed by atoms with Crippen molar-refractivity contribution in [2.45, 2.75) is 39.3 Å². The number of alkyl halides is 3. The summed E-state index contributed by atoms with van der Waals surface area (Å²) in [6, 6.07) is 9.55. The minimum Gasteiger partial charge on any atom is -0.456 e. The molecule has 0 spiro atoms. The monoisotopic (exact) mass is 560 g/mol. The first-order valence-electron chi connectivity index (χ1n) is 12.5. The second-order valence-electron chi connectivity index (χ2n) is 8.87. The predicted octanol–water partition coefficient (Wildman–Crippen LogP) is 7.35. The van der Waals surface area contributed by atoms with Gasteiger partial charge in [-0.1, -0.05) is 37.1 Å². The molecular formula is C28H32ClF3N6O. The number of hydrogen-bond acceptors (Lipinski definition) is 5. The Balaban J connectivity index is 1.65. The maximum absolute atomic E-state index is 13.0. The fourth-order valence-electron chi connectivity index (χ4n) is 3.76. The number of nitrogens with zero attached hydrogens (tertiary/aromatic N) is 3. The van der Waals surface area contributed by atoms with E-state index in [0.29, 0.717) is 23.4 Å². The number of benzene rings is 2. The average molecular weight is 561 g/mol. The van der Waals surface area contributed by atoms with Gasteiger partial charge in [0.1, 0.15) is 23.6 Å². The zero-order valence-electron chi connectivity index (χ0n) is 22.0. The molecule has 3 rings (SSSR count). The molecule has 0 bridgehead atoms. The number of allylic oxidation sites excluding steroid dienone is 1. The van der Waals surface area contributed by atoms with Crippen LogP contribution >= 0.6 is 11.6 Å². The average Bonchev–Trinajstić information content (AvgIpc) is 2.90. The molecule has 0 amide bonds. The fourth-order valence-corrected chi connectivity index (χ4v) is 3.98. The van der Waals surface area contributed by atoms with Crippen molar-refractivity contribution in [2.24, 2.45) is 16.6 Å². The third kappa shape index (κ3) is 8.88. The van der Waals surface area contributed by atoms with E-state index in [0.717, 1.165) is 49.2 Å². The van der Waals surface area contributed by atoms with Gasteiger partial charge in [-0.15, -0.1) is 0 Å². The Labute approximate surface area is 231 Å². The van der Waals surface area contributed by atoms with E-state index < -0.39 is 11.7 Å². The molecule has 0 aliphatic heterocycles. The molecule has 11 heteroatoms. The predicted molar refractivity (Wildman–Crippen MR) is 151 cm³/mol. The van der Waals surface area contributed by atoms with Gasteiger partial charge in [0.15, 0.2) is 5.96 Å². The van der Waals surface area contributed by atoms with Crippen LogP contribution in [0.2, 0.25) is 5.02 Å². The Bertz CT molecular complexity index is 1310. The number of halogens is 4. The highest BCUT2D eigenvalue weighted by atomic mass is 35.5. The van der Waals surface area contributed by atoms with Crippen LogP contribution < -0.4 is 21.1 Å². The highest BCUT2D eigenvalue weighted by Gasteiger charge is 2.30. The number of aromatic nitrogens is 2. The van der Waals surface area contributed by atoms with Gasteiger partial charge in [-0.3, -0.25) is 4.99 Å². The van der Waals surface area contributed by atoms with Crippen LogP contribution in [0, 0.1) is 12.8 Å². The van der Waals surface area contributed by atoms with Crippen LogP contribution in [0.3, 0.4) is 0 Å². The van der Waals surface area contributed by atoms with Crippen molar-refractivity contribution in [3.8, 4) is 11.5 Å². The van der Waals surface area contributed by atoms with Gasteiger partial charge in [-0.2, -0.15) is 13.2 Å². The third-order valence-electron chi connectivity index (χ3n) is 6.13. The van der Waals surface area contributed by atoms with Gasteiger partial charge in [0, 0.05) is 24.8 Å². The fraction of sp³-hybridized carbons (Fsp3) is 0.321. The number of rotatable bonds is 11. The Morgan fingerprint density at radius 3 is 2.69 bits per heavy atom. The van der Waals surface area contributed by atoms with Crippen molar-refractivity contribution in [2.75, 3.05) is 18.9 Å². The molecule has 1 heterocycles. The molecule has 3 aromatic rings. The van der Waals surface area contributed by atoms with E-state index in [4.69, 9.17) is 22.1 Å². The van der Waals surface area contributed by atoms with Gasteiger partial charge in [0.2, 0.25) is 0 Å². The lowest BCUT2D eigenvalue weighted by atomic mass is 9.98. The van der Waals surface area contributed by atoms with Gasteiger partial charge in [0.05, 0.1) is 16.3 Å². The first-order chi connectivity index (χ1) is 18.6. The lowest BCUT2D eigenvalue weighted by Gasteiger charge is -2.14. The summed E-state index contributed by atoms with van der Waals surface area (Å²) in [6.07, 6.45) is 4.03. The van der Waals surface area contributed by atoms with Crippen LogP contribution in [0.4, 0.5) is 24.7 Å². The highest BCUT2D eigenvalue weighted by molar-refractivity contribution is 6.32. The lowest BCUT2D eigenvalue weighted by molar-refractivity contribution is -0.137. The Morgan fingerprint density at radius 1 is 1.21 bits per heavy atom. The van der Waals surface area contributed by atoms with Crippen molar-refractivity contribution in [1.82, 2.24) is 15.3 Å². The molecule has 1 aromatic heterocycles. The Hall–Kier alpha value is -3.79. The van der Waals surface area contributed by atoms with Crippen molar-refractivity contribution >= 4 is 35.1 Å². The van der Waals surface area contributed by atoms with Crippen molar-refractivity contribution in [1.29, 1.82) is 0 Å². The van der Waals surface area contributed by atoms with Gasteiger partial charge in [0.25, 0.3) is 0 Å². The molecule has 0 fully saturated rings. The second-order valence-corrected chi connectivity index (χ2v) is 9.27. The maximum atomic E-state index is 13.0. The van der Waals surface area contributed by atoms with Gasteiger partial charge < -0.3 is 21.1 Å². The van der Waals surface area contributed by atoms with E-state index in [2.05, 4.69) is 38.6 Å². The smallest absolute Gasteiger partial charge is 0.416 e. The van der Waals surface area contributed by atoms with Crippen molar-refractivity contribution in [3.63, 3.8) is 0 Å². The molecule has 39 heavy (non-hydrogen) atoms. The molecule has 0 aliphatic carbocycles. The summed E-state index contributed by atoms with van der Waals surface area (Å²) < 4.78 is 44.6. The quantitative estimate of drug-likeness (QED) is 0.168. The van der Waals surface area contributed by atoms with Gasteiger partial charge in [-0.25, -0.2) is 9.97 Å². The van der Waals surface area contributed by atoms with Gasteiger partial charge in [-0.05, 0) is 68.2 Å². The van der Waals surface area contributed by atoms with E-state index in [1.165, 1.54) is 18.5 Å². The molecule has 1 atom stereocenters. The number of guanidine groups is 1. The number of nitrogens with two attached hydrogens (primary N) is 1. The zero-order chi connectivity index (χ0) is 28.4. The van der Waals surface area contributed by atoms with E-state index in [-0.39, 0.29) is 16.5 Å². The van der Waals surface area contributed by atoms with Crippen LogP contribution in [0.1, 0.15) is 43.0 Å². The summed E-state index contributed by atoms with van der Waals surface area (Å²) in [5.74, 6) is 1.82. The minimum atomic E-state index is -4.46. The molecule has 2 aromatic carbocycles. The Kier molecular flexibility index (Phi) is 10.6. The minimum absolute atomic E-state index is 0.0380. The van der Waals surface area contributed by atoms with E-state index >= 15 is 0 Å². The summed E-state index contributed by atoms with van der Waals surface area (Å²) >= 11 is 6.37. The molecule has 1 unspecified atom stereocenters. The summed E-state index contributed by atoms with van der Waals surface area (Å²) in [5, 5.41) is 6.54. The summed E-state index contributed by atoms with van der Waals surface area (Å²) in [7, 11) is 1.65. The largest absolute Gasteiger partial charge is 0.456 e. The normalized spacial score (nSPS) is 12.9.